The number of sulfonamides is 2. The Balaban J connectivity index is 1.76. The van der Waals surface area contributed by atoms with Crippen LogP contribution in [-0.4, -0.2) is 31.0 Å². The second-order valence-corrected chi connectivity index (χ2v) is 12.3. The minimum absolute atomic E-state index is 0.0525. The number of rotatable bonds is 9. The van der Waals surface area contributed by atoms with Crippen LogP contribution in [0.15, 0.2) is 101 Å². The first-order valence-corrected chi connectivity index (χ1v) is 14.5. The summed E-state index contributed by atoms with van der Waals surface area (Å²) in [6.45, 7) is 3.71. The molecule has 198 valence electrons. The van der Waals surface area contributed by atoms with E-state index in [1.54, 1.807) is 61.7 Å². The number of nitrogens with one attached hydrogen (secondary N) is 1. The molecule has 4 aromatic rings. The molecule has 0 aliphatic rings. The van der Waals surface area contributed by atoms with Crippen LogP contribution in [0.4, 0.5) is 11.4 Å². The highest BCUT2D eigenvalue weighted by molar-refractivity contribution is 7.93. The number of hydrogen-bond acceptors (Lipinski definition) is 6. The van der Waals surface area contributed by atoms with Crippen molar-refractivity contribution in [2.45, 2.75) is 23.6 Å². The fourth-order valence-electron chi connectivity index (χ4n) is 3.62. The van der Waals surface area contributed by atoms with Gasteiger partial charge in [0.1, 0.15) is 17.2 Å². The van der Waals surface area contributed by atoms with Crippen LogP contribution in [0.1, 0.15) is 11.1 Å². The predicted molar refractivity (Wildman–Crippen MR) is 148 cm³/mol. The summed E-state index contributed by atoms with van der Waals surface area (Å²) in [5.74, 6) is 1.46. The summed E-state index contributed by atoms with van der Waals surface area (Å²) < 4.78 is 68.0. The van der Waals surface area contributed by atoms with E-state index < -0.39 is 20.0 Å². The van der Waals surface area contributed by atoms with Gasteiger partial charge in [-0.15, -0.1) is 0 Å². The molecule has 0 aliphatic heterocycles. The van der Waals surface area contributed by atoms with Crippen molar-refractivity contribution in [1.29, 1.82) is 0 Å². The number of benzene rings is 4. The van der Waals surface area contributed by atoms with Crippen molar-refractivity contribution in [3.8, 4) is 17.2 Å². The molecular weight excluding hydrogens is 524 g/mol. The van der Waals surface area contributed by atoms with Crippen LogP contribution in [0.5, 0.6) is 17.2 Å². The lowest BCUT2D eigenvalue weighted by molar-refractivity contribution is 0.413. The van der Waals surface area contributed by atoms with Crippen LogP contribution < -0.4 is 18.5 Å². The highest BCUT2D eigenvalue weighted by Gasteiger charge is 2.26. The zero-order chi connectivity index (χ0) is 27.5. The topological polar surface area (TPSA) is 102 Å². The lowest BCUT2D eigenvalue weighted by Gasteiger charge is -2.24. The van der Waals surface area contributed by atoms with Gasteiger partial charge in [-0.3, -0.25) is 9.03 Å². The molecule has 4 aromatic carbocycles. The van der Waals surface area contributed by atoms with Gasteiger partial charge in [-0.05, 0) is 74.5 Å². The number of ether oxygens (including phenoxy) is 2. The molecule has 0 fully saturated rings. The first-order valence-electron chi connectivity index (χ1n) is 11.6. The Bertz CT molecular complexity index is 1630. The van der Waals surface area contributed by atoms with Gasteiger partial charge in [0.2, 0.25) is 0 Å². The Labute approximate surface area is 223 Å². The van der Waals surface area contributed by atoms with Crippen molar-refractivity contribution < 1.29 is 26.3 Å². The Morgan fingerprint density at radius 1 is 0.658 bits per heavy atom. The van der Waals surface area contributed by atoms with Crippen LogP contribution in [0.3, 0.4) is 0 Å². The molecule has 0 aliphatic carbocycles. The summed E-state index contributed by atoms with van der Waals surface area (Å²) in [6.07, 6.45) is 0. The molecule has 38 heavy (non-hydrogen) atoms. The monoisotopic (exact) mass is 552 g/mol. The number of methoxy groups -OCH3 is 1. The predicted octanol–water partition coefficient (Wildman–Crippen LogP) is 5.73. The third-order valence-electron chi connectivity index (χ3n) is 5.86. The molecule has 0 bridgehead atoms. The average Bonchev–Trinajstić information content (AvgIpc) is 2.90. The molecule has 0 amide bonds. The zero-order valence-electron chi connectivity index (χ0n) is 21.4. The molecule has 0 heterocycles. The quantitative estimate of drug-likeness (QED) is 0.285. The molecule has 0 spiro atoms. The minimum atomic E-state index is -4.03. The Morgan fingerprint density at radius 3 is 1.71 bits per heavy atom. The third-order valence-corrected chi connectivity index (χ3v) is 9.03. The smallest absolute Gasteiger partial charge is 0.264 e. The second kappa shape index (κ2) is 10.8. The lowest BCUT2D eigenvalue weighted by Crippen LogP contribution is -2.28. The lowest BCUT2D eigenvalue weighted by atomic mass is 10.2. The van der Waals surface area contributed by atoms with Crippen molar-refractivity contribution in [2.75, 3.05) is 23.2 Å². The summed E-state index contributed by atoms with van der Waals surface area (Å²) in [4.78, 5) is 0.121. The van der Waals surface area contributed by atoms with Crippen LogP contribution in [0, 0.1) is 13.8 Å². The summed E-state index contributed by atoms with van der Waals surface area (Å²) in [7, 11) is -5.11. The largest absolute Gasteiger partial charge is 0.497 e. The Kier molecular flexibility index (Phi) is 7.66. The van der Waals surface area contributed by atoms with Crippen LogP contribution in [-0.2, 0) is 20.0 Å². The summed E-state index contributed by atoms with van der Waals surface area (Å²) in [5, 5.41) is 0. The molecule has 1 N–H and O–H groups in total. The van der Waals surface area contributed by atoms with Crippen LogP contribution >= 0.6 is 0 Å². The molecule has 0 aromatic heterocycles. The van der Waals surface area contributed by atoms with E-state index in [2.05, 4.69) is 4.72 Å². The van der Waals surface area contributed by atoms with Gasteiger partial charge in [0, 0.05) is 13.1 Å². The first-order chi connectivity index (χ1) is 18.0. The van der Waals surface area contributed by atoms with E-state index in [0.29, 0.717) is 17.2 Å². The highest BCUT2D eigenvalue weighted by Crippen LogP contribution is 2.36. The molecule has 8 nitrogen and oxygen atoms in total. The van der Waals surface area contributed by atoms with Gasteiger partial charge >= 0.3 is 0 Å². The normalized spacial score (nSPS) is 11.6. The second-order valence-electron chi connectivity index (χ2n) is 8.66. The van der Waals surface area contributed by atoms with Crippen molar-refractivity contribution in [3.05, 3.63) is 102 Å². The SMILES string of the molecule is COc1ccc(Oc2ccc(NS(=O)(=O)c3ccc(C)cc3)c(N(C)S(=O)(=O)c3ccc(C)cc3)c2)cc1. The average molecular weight is 553 g/mol. The van der Waals surface area contributed by atoms with Crippen molar-refractivity contribution in [2.24, 2.45) is 0 Å². The van der Waals surface area contributed by atoms with Crippen molar-refractivity contribution >= 4 is 31.4 Å². The fourth-order valence-corrected chi connectivity index (χ4v) is 5.90. The van der Waals surface area contributed by atoms with Gasteiger partial charge in [0.15, 0.2) is 0 Å². The molecule has 0 saturated carbocycles. The number of hydrogen-bond donors (Lipinski definition) is 1. The first kappa shape index (κ1) is 27.0. The highest BCUT2D eigenvalue weighted by atomic mass is 32.2. The summed E-state index contributed by atoms with van der Waals surface area (Å²) in [6, 6.07) is 24.2. The van der Waals surface area contributed by atoms with E-state index in [1.807, 2.05) is 13.8 Å². The number of nitrogens with zero attached hydrogens (tertiary/aromatic N) is 1. The van der Waals surface area contributed by atoms with E-state index >= 15 is 0 Å². The van der Waals surface area contributed by atoms with E-state index in [0.717, 1.165) is 15.4 Å². The summed E-state index contributed by atoms with van der Waals surface area (Å²) in [5.41, 5.74) is 1.99. The Hall–Kier alpha value is -4.02. The van der Waals surface area contributed by atoms with Gasteiger partial charge in [0.05, 0.1) is 28.3 Å². The minimum Gasteiger partial charge on any atom is -0.497 e. The molecule has 4 rings (SSSR count). The molecule has 0 unspecified atom stereocenters. The molecule has 0 radical (unpaired) electrons. The van der Waals surface area contributed by atoms with Gasteiger partial charge in [0.25, 0.3) is 20.0 Å². The van der Waals surface area contributed by atoms with E-state index in [-0.39, 0.29) is 21.2 Å². The van der Waals surface area contributed by atoms with Crippen LogP contribution in [0.2, 0.25) is 0 Å². The standard InChI is InChI=1S/C28H28N2O6S2/c1-20-5-14-25(15-6-20)37(31,32)29-27-18-13-24(36-23-11-9-22(35-4)10-12-23)19-28(27)30(3)38(33,34)26-16-7-21(2)8-17-26/h5-19,29H,1-4H3. The third kappa shape index (κ3) is 5.92. The zero-order valence-corrected chi connectivity index (χ0v) is 23.0. The van der Waals surface area contributed by atoms with E-state index in [1.165, 1.54) is 43.4 Å². The summed E-state index contributed by atoms with van der Waals surface area (Å²) >= 11 is 0. The van der Waals surface area contributed by atoms with Crippen molar-refractivity contribution in [1.82, 2.24) is 0 Å². The molecular formula is C28H28N2O6S2. The molecule has 0 saturated heterocycles. The van der Waals surface area contributed by atoms with Gasteiger partial charge in [-0.1, -0.05) is 35.4 Å². The van der Waals surface area contributed by atoms with E-state index in [9.17, 15) is 16.8 Å². The number of aryl methyl sites for hydroxylation is 2. The maximum absolute atomic E-state index is 13.5. The van der Waals surface area contributed by atoms with Gasteiger partial charge in [-0.2, -0.15) is 0 Å². The maximum atomic E-state index is 13.5. The van der Waals surface area contributed by atoms with E-state index in [4.69, 9.17) is 9.47 Å². The fraction of sp³-hybridized carbons (Fsp3) is 0.143. The molecule has 10 heteroatoms. The van der Waals surface area contributed by atoms with Gasteiger partial charge < -0.3 is 9.47 Å². The van der Waals surface area contributed by atoms with Gasteiger partial charge in [-0.25, -0.2) is 16.8 Å². The van der Waals surface area contributed by atoms with Crippen molar-refractivity contribution in [3.63, 3.8) is 0 Å². The van der Waals surface area contributed by atoms with Crippen LogP contribution in [0.25, 0.3) is 0 Å². The number of anilines is 2. The molecule has 0 atom stereocenters. The maximum Gasteiger partial charge on any atom is 0.264 e. The Morgan fingerprint density at radius 2 is 1.16 bits per heavy atom.